The molecular formula is C14H20BrN3O2. The molecule has 0 spiro atoms. The lowest BCUT2D eigenvalue weighted by molar-refractivity contribution is -0.125. The van der Waals surface area contributed by atoms with E-state index in [1.807, 2.05) is 38.1 Å². The van der Waals surface area contributed by atoms with Gasteiger partial charge in [0.1, 0.15) is 0 Å². The number of nitrogens with one attached hydrogen (secondary N) is 2. The summed E-state index contributed by atoms with van der Waals surface area (Å²) >= 11 is 3.44. The second-order valence-corrected chi connectivity index (χ2v) is 6.07. The fourth-order valence-electron chi connectivity index (χ4n) is 1.64. The quantitative estimate of drug-likeness (QED) is 0.719. The second kappa shape index (κ2) is 7.40. The summed E-state index contributed by atoms with van der Waals surface area (Å²) in [6.45, 7) is 4.42. The van der Waals surface area contributed by atoms with Gasteiger partial charge in [0.05, 0.1) is 13.1 Å². The van der Waals surface area contributed by atoms with E-state index < -0.39 is 0 Å². The first kappa shape index (κ1) is 16.7. The Morgan fingerprint density at radius 3 is 2.55 bits per heavy atom. The van der Waals surface area contributed by atoms with Gasteiger partial charge in [-0.1, -0.05) is 41.9 Å². The van der Waals surface area contributed by atoms with Gasteiger partial charge in [-0.05, 0) is 17.7 Å². The van der Waals surface area contributed by atoms with Crippen LogP contribution < -0.4 is 16.4 Å². The summed E-state index contributed by atoms with van der Waals surface area (Å²) in [6, 6.07) is 7.97. The zero-order valence-corrected chi connectivity index (χ0v) is 13.3. The number of carbonyl (C=O) groups is 2. The minimum atomic E-state index is -0.341. The fourth-order valence-corrected chi connectivity index (χ4v) is 2.04. The van der Waals surface area contributed by atoms with Gasteiger partial charge in [0, 0.05) is 16.4 Å². The van der Waals surface area contributed by atoms with Gasteiger partial charge in [-0.2, -0.15) is 0 Å². The molecule has 0 radical (unpaired) electrons. The lowest BCUT2D eigenvalue weighted by atomic mass is 9.84. The van der Waals surface area contributed by atoms with Gasteiger partial charge in [0.25, 0.3) is 0 Å². The maximum Gasteiger partial charge on any atom is 0.239 e. The van der Waals surface area contributed by atoms with Crippen LogP contribution in [0.1, 0.15) is 19.4 Å². The number of rotatable bonds is 6. The smallest absolute Gasteiger partial charge is 0.239 e. The molecule has 0 aliphatic rings. The van der Waals surface area contributed by atoms with E-state index in [0.29, 0.717) is 6.54 Å². The molecule has 1 aromatic rings. The van der Waals surface area contributed by atoms with Crippen molar-refractivity contribution >= 4 is 27.7 Å². The van der Waals surface area contributed by atoms with E-state index in [1.165, 1.54) is 0 Å². The highest BCUT2D eigenvalue weighted by atomic mass is 79.9. The summed E-state index contributed by atoms with van der Waals surface area (Å²) in [5.41, 5.74) is 6.07. The zero-order valence-electron chi connectivity index (χ0n) is 11.7. The molecule has 0 fully saturated rings. The standard InChI is InChI=1S/C14H20BrN3O2/c1-14(2,10-4-3-5-11(15)6-10)9-18-13(20)8-17-12(19)7-16/h3-6H,7-9,16H2,1-2H3,(H,17,19)(H,18,20). The van der Waals surface area contributed by atoms with Crippen LogP contribution in [0, 0.1) is 0 Å². The van der Waals surface area contributed by atoms with E-state index in [-0.39, 0.29) is 30.3 Å². The van der Waals surface area contributed by atoms with E-state index in [4.69, 9.17) is 5.73 Å². The molecule has 6 heteroatoms. The summed E-state index contributed by atoms with van der Waals surface area (Å²) < 4.78 is 1.00. The first-order chi connectivity index (χ1) is 9.35. The van der Waals surface area contributed by atoms with Crippen molar-refractivity contribution in [3.8, 4) is 0 Å². The molecule has 0 heterocycles. The molecule has 0 atom stereocenters. The Balaban J connectivity index is 2.51. The number of nitrogens with two attached hydrogens (primary N) is 1. The van der Waals surface area contributed by atoms with Crippen LogP contribution >= 0.6 is 15.9 Å². The Hall–Kier alpha value is -1.40. The first-order valence-electron chi connectivity index (χ1n) is 6.34. The normalized spacial score (nSPS) is 11.0. The molecule has 0 unspecified atom stereocenters. The minimum absolute atomic E-state index is 0.0510. The number of halogens is 1. The first-order valence-corrected chi connectivity index (χ1v) is 7.14. The van der Waals surface area contributed by atoms with Crippen molar-refractivity contribution in [2.24, 2.45) is 5.73 Å². The molecule has 20 heavy (non-hydrogen) atoms. The van der Waals surface area contributed by atoms with Gasteiger partial charge in [-0.25, -0.2) is 0 Å². The third kappa shape index (κ3) is 5.30. The number of benzene rings is 1. The van der Waals surface area contributed by atoms with Crippen molar-refractivity contribution in [1.29, 1.82) is 0 Å². The van der Waals surface area contributed by atoms with Crippen LogP contribution in [0.3, 0.4) is 0 Å². The van der Waals surface area contributed by atoms with Crippen molar-refractivity contribution in [2.75, 3.05) is 19.6 Å². The molecule has 0 bridgehead atoms. The molecular weight excluding hydrogens is 322 g/mol. The van der Waals surface area contributed by atoms with Crippen LogP contribution in [0.15, 0.2) is 28.7 Å². The van der Waals surface area contributed by atoms with Crippen LogP contribution in [-0.2, 0) is 15.0 Å². The molecule has 0 aliphatic heterocycles. The molecule has 2 amide bonds. The van der Waals surface area contributed by atoms with Gasteiger partial charge in [0.2, 0.25) is 11.8 Å². The third-order valence-electron chi connectivity index (χ3n) is 2.97. The Labute approximate surface area is 127 Å². The summed E-state index contributed by atoms with van der Waals surface area (Å²) in [5, 5.41) is 5.24. The number of carbonyl (C=O) groups excluding carboxylic acids is 2. The Kier molecular flexibility index (Phi) is 6.16. The minimum Gasteiger partial charge on any atom is -0.354 e. The number of hydrogen-bond acceptors (Lipinski definition) is 3. The second-order valence-electron chi connectivity index (χ2n) is 5.15. The molecule has 5 nitrogen and oxygen atoms in total. The molecule has 110 valence electrons. The average Bonchev–Trinajstić information content (AvgIpc) is 2.42. The fraction of sp³-hybridized carbons (Fsp3) is 0.429. The highest BCUT2D eigenvalue weighted by Crippen LogP contribution is 2.24. The van der Waals surface area contributed by atoms with Crippen LogP contribution in [0.5, 0.6) is 0 Å². The van der Waals surface area contributed by atoms with Crippen LogP contribution in [0.25, 0.3) is 0 Å². The SMILES string of the molecule is CC(C)(CNC(=O)CNC(=O)CN)c1cccc(Br)c1. The topological polar surface area (TPSA) is 84.2 Å². The summed E-state index contributed by atoms with van der Waals surface area (Å²) in [5.74, 6) is -0.568. The van der Waals surface area contributed by atoms with Crippen molar-refractivity contribution in [1.82, 2.24) is 10.6 Å². The highest BCUT2D eigenvalue weighted by Gasteiger charge is 2.21. The van der Waals surface area contributed by atoms with Crippen molar-refractivity contribution in [2.45, 2.75) is 19.3 Å². The summed E-state index contributed by atoms with van der Waals surface area (Å²) in [4.78, 5) is 22.6. The van der Waals surface area contributed by atoms with Crippen molar-refractivity contribution in [3.05, 3.63) is 34.3 Å². The molecule has 1 aromatic carbocycles. The zero-order chi connectivity index (χ0) is 15.2. The van der Waals surface area contributed by atoms with E-state index >= 15 is 0 Å². The average molecular weight is 342 g/mol. The molecule has 1 rings (SSSR count). The predicted molar refractivity (Wildman–Crippen MR) is 82.2 cm³/mol. The van der Waals surface area contributed by atoms with Crippen molar-refractivity contribution < 1.29 is 9.59 Å². The molecule has 0 aromatic heterocycles. The Bertz CT molecular complexity index is 489. The van der Waals surface area contributed by atoms with E-state index in [2.05, 4.69) is 26.6 Å². The van der Waals surface area contributed by atoms with Crippen LogP contribution in [-0.4, -0.2) is 31.4 Å². The highest BCUT2D eigenvalue weighted by molar-refractivity contribution is 9.10. The molecule has 0 saturated carbocycles. The summed E-state index contributed by atoms with van der Waals surface area (Å²) in [7, 11) is 0. The maximum atomic E-state index is 11.6. The van der Waals surface area contributed by atoms with Gasteiger partial charge < -0.3 is 16.4 Å². The maximum absolute atomic E-state index is 11.6. The van der Waals surface area contributed by atoms with Gasteiger partial charge in [-0.3, -0.25) is 9.59 Å². The lowest BCUT2D eigenvalue weighted by Crippen LogP contribution is -2.43. The van der Waals surface area contributed by atoms with E-state index in [1.54, 1.807) is 0 Å². The number of hydrogen-bond donors (Lipinski definition) is 3. The lowest BCUT2D eigenvalue weighted by Gasteiger charge is -2.26. The van der Waals surface area contributed by atoms with E-state index in [0.717, 1.165) is 10.0 Å². The summed E-state index contributed by atoms with van der Waals surface area (Å²) in [6.07, 6.45) is 0. The van der Waals surface area contributed by atoms with Crippen molar-refractivity contribution in [3.63, 3.8) is 0 Å². The predicted octanol–water partition coefficient (Wildman–Crippen LogP) is 0.918. The Morgan fingerprint density at radius 2 is 1.95 bits per heavy atom. The van der Waals surface area contributed by atoms with Gasteiger partial charge >= 0.3 is 0 Å². The largest absolute Gasteiger partial charge is 0.354 e. The van der Waals surface area contributed by atoms with Crippen LogP contribution in [0.2, 0.25) is 0 Å². The Morgan fingerprint density at radius 1 is 1.25 bits per heavy atom. The third-order valence-corrected chi connectivity index (χ3v) is 3.46. The molecule has 4 N–H and O–H groups in total. The van der Waals surface area contributed by atoms with Gasteiger partial charge in [-0.15, -0.1) is 0 Å². The van der Waals surface area contributed by atoms with Gasteiger partial charge in [0.15, 0.2) is 0 Å². The van der Waals surface area contributed by atoms with Crippen LogP contribution in [0.4, 0.5) is 0 Å². The number of amides is 2. The monoisotopic (exact) mass is 341 g/mol. The molecule has 0 saturated heterocycles. The van der Waals surface area contributed by atoms with E-state index in [9.17, 15) is 9.59 Å². The molecule has 0 aliphatic carbocycles.